The highest BCUT2D eigenvalue weighted by molar-refractivity contribution is 7.15. The lowest BCUT2D eigenvalue weighted by atomic mass is 10.1. The summed E-state index contributed by atoms with van der Waals surface area (Å²) in [5.74, 6) is 0. The van der Waals surface area contributed by atoms with Crippen molar-refractivity contribution in [2.45, 2.75) is 54.0 Å². The first-order chi connectivity index (χ1) is 22.7. The Morgan fingerprint density at radius 3 is 0.816 bits per heavy atom. The molecule has 0 bridgehead atoms. The van der Waals surface area contributed by atoms with Crippen molar-refractivity contribution in [1.29, 1.82) is 0 Å². The molecule has 0 aliphatic heterocycles. The zero-order chi connectivity index (χ0) is 37.0. The van der Waals surface area contributed by atoms with Gasteiger partial charge < -0.3 is 29.4 Å². The van der Waals surface area contributed by atoms with E-state index in [9.17, 15) is 0 Å². The van der Waals surface area contributed by atoms with Crippen LogP contribution >= 0.6 is 0 Å². The maximum Gasteiger partial charge on any atom is 0.167 e. The van der Waals surface area contributed by atoms with E-state index in [1.54, 1.807) is 0 Å². The van der Waals surface area contributed by atoms with Gasteiger partial charge in [-0.3, -0.25) is 0 Å². The van der Waals surface area contributed by atoms with Gasteiger partial charge in [0.15, 0.2) is 8.07 Å². The van der Waals surface area contributed by atoms with Crippen LogP contribution in [0.1, 0.15) is 44.4 Å². The highest BCUT2D eigenvalue weighted by Crippen LogP contribution is 2.50. The molecule has 0 aromatic heterocycles. The standard InChI is InChI=1S/C42H64N6Si/c1-26-20-33(43(8)9)39(46(14)15)36(23-26)49(42-31(6)29(4)30(5)32(42)7,37-24-27(2)21-34(44(10)11)40(37)47(16)17)38-25-28(3)22-35(45(12)13)41(38)48(18)19/h20-25,42H,1-19H3. The predicted molar refractivity (Wildman–Crippen MR) is 225 cm³/mol. The maximum atomic E-state index is 2.56. The van der Waals surface area contributed by atoms with Crippen molar-refractivity contribution in [2.24, 2.45) is 0 Å². The molecular weight excluding hydrogens is 617 g/mol. The second-order valence-electron chi connectivity index (χ2n) is 15.8. The molecule has 6 nitrogen and oxygen atoms in total. The predicted octanol–water partition coefficient (Wildman–Crippen LogP) is 6.53. The van der Waals surface area contributed by atoms with Crippen LogP contribution in [0.2, 0.25) is 5.54 Å². The number of allylic oxidation sites excluding steroid dienone is 4. The Morgan fingerprint density at radius 1 is 0.367 bits per heavy atom. The van der Waals surface area contributed by atoms with Crippen molar-refractivity contribution in [3.05, 3.63) is 75.4 Å². The molecule has 266 valence electrons. The fraction of sp³-hybridized carbons (Fsp3) is 0.476. The van der Waals surface area contributed by atoms with Gasteiger partial charge in [-0.1, -0.05) is 29.3 Å². The molecule has 0 radical (unpaired) electrons. The summed E-state index contributed by atoms with van der Waals surface area (Å²) in [5, 5.41) is 4.39. The van der Waals surface area contributed by atoms with Crippen LogP contribution in [-0.4, -0.2) is 92.6 Å². The largest absolute Gasteiger partial charge is 0.376 e. The van der Waals surface area contributed by atoms with E-state index in [-0.39, 0.29) is 5.54 Å². The second-order valence-corrected chi connectivity index (χ2v) is 19.6. The normalized spacial score (nSPS) is 13.8. The van der Waals surface area contributed by atoms with Gasteiger partial charge in [-0.25, -0.2) is 0 Å². The molecule has 0 spiro atoms. The Morgan fingerprint density at radius 2 is 0.612 bits per heavy atom. The number of hydrogen-bond donors (Lipinski definition) is 0. The highest BCUT2D eigenvalue weighted by Gasteiger charge is 2.55. The minimum absolute atomic E-state index is 0.203. The van der Waals surface area contributed by atoms with E-state index in [1.165, 1.54) is 88.7 Å². The Labute approximate surface area is 300 Å². The van der Waals surface area contributed by atoms with E-state index in [0.29, 0.717) is 0 Å². The van der Waals surface area contributed by atoms with Gasteiger partial charge in [-0.15, -0.1) is 0 Å². The lowest BCUT2D eigenvalue weighted by Crippen LogP contribution is -2.72. The average Bonchev–Trinajstić information content (AvgIpc) is 3.18. The third-order valence-corrected chi connectivity index (χ3v) is 16.2. The van der Waals surface area contributed by atoms with Crippen molar-refractivity contribution in [3.8, 4) is 0 Å². The molecule has 0 saturated carbocycles. The Bertz CT molecular complexity index is 1620. The van der Waals surface area contributed by atoms with Crippen LogP contribution in [0.4, 0.5) is 34.1 Å². The van der Waals surface area contributed by atoms with Gasteiger partial charge in [0, 0.05) is 90.1 Å². The van der Waals surface area contributed by atoms with E-state index < -0.39 is 8.07 Å². The first-order valence-corrected chi connectivity index (χ1v) is 19.6. The molecule has 3 aromatic rings. The minimum Gasteiger partial charge on any atom is -0.376 e. The third kappa shape index (κ3) is 6.24. The number of benzene rings is 3. The van der Waals surface area contributed by atoms with Gasteiger partial charge >= 0.3 is 0 Å². The molecule has 1 aliphatic carbocycles. The molecule has 0 fully saturated rings. The Kier molecular flexibility index (Phi) is 10.7. The third-order valence-electron chi connectivity index (χ3n) is 10.8. The monoisotopic (exact) mass is 680 g/mol. The first-order valence-electron chi connectivity index (χ1n) is 17.5. The molecule has 3 aromatic carbocycles. The molecule has 0 unspecified atom stereocenters. The van der Waals surface area contributed by atoms with E-state index in [1.807, 2.05) is 0 Å². The summed E-state index contributed by atoms with van der Waals surface area (Å²) in [6.45, 7) is 16.4. The lowest BCUT2D eigenvalue weighted by Gasteiger charge is -2.47. The smallest absolute Gasteiger partial charge is 0.167 e. The fourth-order valence-electron chi connectivity index (χ4n) is 8.51. The van der Waals surface area contributed by atoms with Crippen LogP contribution in [0.5, 0.6) is 0 Å². The van der Waals surface area contributed by atoms with Crippen molar-refractivity contribution in [2.75, 3.05) is 114 Å². The number of aryl methyl sites for hydroxylation is 3. The van der Waals surface area contributed by atoms with Gasteiger partial charge in [-0.2, -0.15) is 0 Å². The summed E-state index contributed by atoms with van der Waals surface area (Å²) in [6.07, 6.45) is 0. The molecule has 0 saturated heterocycles. The topological polar surface area (TPSA) is 19.4 Å². The van der Waals surface area contributed by atoms with E-state index in [2.05, 4.69) is 199 Å². The summed E-state index contributed by atoms with van der Waals surface area (Å²) in [5.41, 5.74) is 17.6. The van der Waals surface area contributed by atoms with E-state index >= 15 is 0 Å². The molecular formula is C42H64N6Si. The number of nitrogens with zero attached hydrogens (tertiary/aromatic N) is 6. The minimum atomic E-state index is -3.17. The summed E-state index contributed by atoms with van der Waals surface area (Å²) < 4.78 is 0. The van der Waals surface area contributed by atoms with Crippen LogP contribution in [-0.2, 0) is 0 Å². The molecule has 4 rings (SSSR count). The number of anilines is 6. The van der Waals surface area contributed by atoms with Crippen LogP contribution in [0, 0.1) is 20.8 Å². The van der Waals surface area contributed by atoms with E-state index in [4.69, 9.17) is 0 Å². The van der Waals surface area contributed by atoms with Crippen molar-refractivity contribution < 1.29 is 0 Å². The first kappa shape index (κ1) is 38.0. The van der Waals surface area contributed by atoms with Gasteiger partial charge in [0.1, 0.15) is 0 Å². The summed E-state index contributed by atoms with van der Waals surface area (Å²) in [4.78, 5) is 14.1. The van der Waals surface area contributed by atoms with Crippen molar-refractivity contribution >= 4 is 57.8 Å². The maximum absolute atomic E-state index is 3.17. The fourth-order valence-corrected chi connectivity index (χ4v) is 15.6. The molecule has 0 atom stereocenters. The zero-order valence-corrected chi connectivity index (χ0v) is 35.2. The second kappa shape index (κ2) is 13.8. The SMILES string of the molecule is CC1=C(C)C([Si](c2cc(C)cc(N(C)C)c2N(C)C)(c2cc(C)cc(N(C)C)c2N(C)C)c2cc(C)cc(N(C)C)c2N(C)C)C(C)=C1C. The highest BCUT2D eigenvalue weighted by atomic mass is 28.3. The van der Waals surface area contributed by atoms with Crippen molar-refractivity contribution in [1.82, 2.24) is 0 Å². The summed E-state index contributed by atoms with van der Waals surface area (Å²) in [7, 11) is 23.4. The molecule has 7 heteroatoms. The Balaban J connectivity index is 2.62. The Hall–Kier alpha value is -3.84. The van der Waals surface area contributed by atoms with Crippen LogP contribution in [0.25, 0.3) is 0 Å². The summed E-state index contributed by atoms with van der Waals surface area (Å²) >= 11 is 0. The zero-order valence-electron chi connectivity index (χ0n) is 34.2. The summed E-state index contributed by atoms with van der Waals surface area (Å²) in [6, 6.07) is 14.8. The van der Waals surface area contributed by atoms with Crippen LogP contribution in [0.15, 0.2) is 58.7 Å². The number of rotatable bonds is 10. The van der Waals surface area contributed by atoms with Gasteiger partial charge in [0.05, 0.1) is 34.1 Å². The van der Waals surface area contributed by atoms with Crippen LogP contribution < -0.4 is 45.0 Å². The molecule has 0 amide bonds. The molecule has 0 N–H and O–H groups in total. The van der Waals surface area contributed by atoms with Crippen LogP contribution in [0.3, 0.4) is 0 Å². The van der Waals surface area contributed by atoms with Gasteiger partial charge in [0.25, 0.3) is 0 Å². The quantitative estimate of drug-likeness (QED) is 0.178. The average molecular weight is 681 g/mol. The lowest BCUT2D eigenvalue weighted by molar-refractivity contribution is 1.05. The van der Waals surface area contributed by atoms with E-state index in [0.717, 1.165) is 0 Å². The number of hydrogen-bond acceptors (Lipinski definition) is 6. The van der Waals surface area contributed by atoms with Gasteiger partial charge in [0.2, 0.25) is 0 Å². The van der Waals surface area contributed by atoms with Crippen molar-refractivity contribution in [3.63, 3.8) is 0 Å². The molecule has 49 heavy (non-hydrogen) atoms. The molecule has 0 heterocycles. The molecule has 1 aliphatic rings. The van der Waals surface area contributed by atoms with Gasteiger partial charge in [-0.05, 0) is 110 Å².